The monoisotopic (exact) mass is 953 g/mol. The largest absolute Gasteiger partial charge is 1.00 e. The average Bonchev–Trinajstić information content (AvgIpc) is 3.93. The summed E-state index contributed by atoms with van der Waals surface area (Å²) in [6.07, 6.45) is 9.91. The van der Waals surface area contributed by atoms with Gasteiger partial charge in [-0.25, -0.2) is 4.85 Å². The molecule has 63 heavy (non-hydrogen) atoms. The third-order valence-electron chi connectivity index (χ3n) is 10.9. The average molecular weight is 955 g/mol. The Hall–Kier alpha value is -3.66. The van der Waals surface area contributed by atoms with Crippen LogP contribution in [0.25, 0.3) is 4.85 Å². The van der Waals surface area contributed by atoms with Crippen LogP contribution in [0.2, 0.25) is 0 Å². The molecule has 2 atom stereocenters. The van der Waals surface area contributed by atoms with Gasteiger partial charge in [0.2, 0.25) is 0 Å². The van der Waals surface area contributed by atoms with E-state index in [1.165, 1.54) is 49.4 Å². The number of carbonyl (C=O) groups excluding carboxylic acids is 2. The molecule has 9 nitrogen and oxygen atoms in total. The maximum absolute atomic E-state index is 12.9. The first-order valence-electron chi connectivity index (χ1n) is 21.4. The van der Waals surface area contributed by atoms with Gasteiger partial charge in [-0.2, -0.15) is 0 Å². The minimum Gasteiger partial charge on any atom is -1.00 e. The van der Waals surface area contributed by atoms with Crippen LogP contribution in [0.4, 0.5) is 5.69 Å². The molecule has 0 bridgehead atoms. The number of benzene rings is 4. The topological polar surface area (TPSA) is 98.5 Å². The maximum Gasteiger partial charge on any atom is 1.00 e. The SMILES string of the molecule is C.C=CCC.C[C@@H]1CCCN1.Cc1ccc(CBr)cc1.Cl.O=C1NCCc2cc(O)ccc21.[C-]#[N+]c1ccc(COc2ccc3c(c2)CCN(CCN2CCC[C@H]2C)C3=O)cc1.[H-].[Na+]. The van der Waals surface area contributed by atoms with Crippen molar-refractivity contribution in [3.8, 4) is 11.5 Å². The van der Waals surface area contributed by atoms with E-state index in [0.717, 1.165) is 84.8 Å². The fourth-order valence-electron chi connectivity index (χ4n) is 7.17. The smallest absolute Gasteiger partial charge is 1.00 e. The number of ether oxygens (including phenoxy) is 1. The zero-order valence-corrected chi connectivity index (χ0v) is 41.8. The van der Waals surface area contributed by atoms with Gasteiger partial charge in [0.1, 0.15) is 18.1 Å². The van der Waals surface area contributed by atoms with Crippen LogP contribution in [-0.4, -0.2) is 78.1 Å². The van der Waals surface area contributed by atoms with Gasteiger partial charge in [-0.1, -0.05) is 90.5 Å². The van der Waals surface area contributed by atoms with Crippen LogP contribution in [0.5, 0.6) is 11.5 Å². The number of fused-ring (bicyclic) bond motifs is 2. The van der Waals surface area contributed by atoms with Crippen molar-refractivity contribution in [1.82, 2.24) is 20.4 Å². The first-order chi connectivity index (χ1) is 29.0. The number of rotatable bonds is 8. The first-order valence-corrected chi connectivity index (χ1v) is 22.5. The van der Waals surface area contributed by atoms with E-state index >= 15 is 0 Å². The summed E-state index contributed by atoms with van der Waals surface area (Å²) in [5.41, 5.74) is 7.79. The Balaban J connectivity index is 0.000000933. The zero-order chi connectivity index (χ0) is 43.3. The van der Waals surface area contributed by atoms with Gasteiger partial charge in [-0.3, -0.25) is 14.5 Å². The number of halogens is 2. The Morgan fingerprint density at radius 1 is 0.905 bits per heavy atom. The normalized spacial score (nSPS) is 16.7. The molecule has 12 heteroatoms. The summed E-state index contributed by atoms with van der Waals surface area (Å²) in [7, 11) is 0. The number of hydrogen-bond donors (Lipinski definition) is 3. The molecular weight excluding hydrogens is 885 g/mol. The van der Waals surface area contributed by atoms with Crippen molar-refractivity contribution in [3.63, 3.8) is 0 Å². The molecule has 0 aliphatic carbocycles. The van der Waals surface area contributed by atoms with Crippen molar-refractivity contribution in [3.05, 3.63) is 148 Å². The Kier molecular flexibility index (Phi) is 28.5. The molecule has 3 N–H and O–H groups in total. The van der Waals surface area contributed by atoms with Crippen molar-refractivity contribution < 1.29 is 50.4 Å². The van der Waals surface area contributed by atoms with Crippen molar-refractivity contribution >= 4 is 45.8 Å². The molecule has 4 aliphatic rings. The predicted octanol–water partition coefficient (Wildman–Crippen LogP) is 8.38. The zero-order valence-electron chi connectivity index (χ0n) is 38.4. The van der Waals surface area contributed by atoms with Crippen LogP contribution in [0.3, 0.4) is 0 Å². The van der Waals surface area contributed by atoms with Gasteiger partial charge in [0.15, 0.2) is 5.69 Å². The molecule has 2 fully saturated rings. The van der Waals surface area contributed by atoms with E-state index in [1.54, 1.807) is 24.3 Å². The summed E-state index contributed by atoms with van der Waals surface area (Å²) in [6, 6.07) is 28.0. The Morgan fingerprint density at radius 2 is 1.57 bits per heavy atom. The van der Waals surface area contributed by atoms with E-state index < -0.39 is 0 Å². The van der Waals surface area contributed by atoms with E-state index in [4.69, 9.17) is 16.4 Å². The van der Waals surface area contributed by atoms with Crippen LogP contribution >= 0.6 is 28.3 Å². The van der Waals surface area contributed by atoms with E-state index in [1.807, 2.05) is 41.3 Å². The van der Waals surface area contributed by atoms with Gasteiger partial charge in [0.05, 0.1) is 6.57 Å². The number of aromatic hydroxyl groups is 1. The second-order valence-corrected chi connectivity index (χ2v) is 16.2. The van der Waals surface area contributed by atoms with E-state index in [9.17, 15) is 9.59 Å². The molecule has 4 aliphatic heterocycles. The molecule has 0 spiro atoms. The molecular formula is C51H70BrClN5NaO4. The molecule has 4 aromatic rings. The third kappa shape index (κ3) is 19.5. The second-order valence-electron chi connectivity index (χ2n) is 15.6. The maximum atomic E-state index is 12.9. The summed E-state index contributed by atoms with van der Waals surface area (Å²) in [6.45, 7) is 25.2. The number of aryl methyl sites for hydroxylation is 1. The van der Waals surface area contributed by atoms with Gasteiger partial charge >= 0.3 is 29.6 Å². The molecule has 338 valence electrons. The first kappa shape index (κ1) is 57.4. The summed E-state index contributed by atoms with van der Waals surface area (Å²) in [4.78, 5) is 32.0. The molecule has 4 heterocycles. The van der Waals surface area contributed by atoms with Gasteiger partial charge in [-0.05, 0) is 137 Å². The number of allylic oxidation sites excluding steroid dienone is 1. The number of alkyl halides is 1. The third-order valence-corrected chi connectivity index (χ3v) is 11.6. The molecule has 2 amide bonds. The van der Waals surface area contributed by atoms with Crippen LogP contribution < -0.4 is 44.9 Å². The van der Waals surface area contributed by atoms with E-state index in [2.05, 4.69) is 94.8 Å². The quantitative estimate of drug-likeness (QED) is 0.0712. The number of hydrogen-bond acceptors (Lipinski definition) is 6. The molecule has 2 saturated heterocycles. The molecule has 0 saturated carbocycles. The number of nitrogens with one attached hydrogen (secondary N) is 2. The number of phenols is 1. The summed E-state index contributed by atoms with van der Waals surface area (Å²) >= 11 is 3.38. The van der Waals surface area contributed by atoms with E-state index in [0.29, 0.717) is 30.4 Å². The fraction of sp³-hybridized carbons (Fsp3) is 0.431. The van der Waals surface area contributed by atoms with Gasteiger partial charge in [0, 0.05) is 54.7 Å². The van der Waals surface area contributed by atoms with Crippen molar-refractivity contribution in [2.24, 2.45) is 0 Å². The van der Waals surface area contributed by atoms with Crippen LogP contribution in [0.1, 0.15) is 110 Å². The van der Waals surface area contributed by atoms with Crippen molar-refractivity contribution in [2.45, 2.75) is 104 Å². The molecule has 8 rings (SSSR count). The van der Waals surface area contributed by atoms with Gasteiger partial charge in [-0.15, -0.1) is 19.0 Å². The standard InChI is InChI=1S/C24H27N3O2.C9H9NO2.C8H9Br.C5H11N.C4H8.CH4.ClH.Na.H/c1-18-4-3-12-26(18)14-15-27-13-11-20-16-22(9-10-23(20)24(27)28)29-17-19-5-7-21(25-2)8-6-19;11-7-1-2-8-6(5-7)3-4-10-9(8)12;1-7-2-4-8(6-9)5-3-7;1-5-3-2-4-6-5;1-3-4-2;;;;/h5-10,16,18H,3-4,11-15,17H2,1H3;1-2,5,11H,3-4H2,(H,10,12);2-5H,6H2,1H3;5-6H,2-4H2,1H3;3H,1,4H2,2H3;1H4;1H;;/q;;;;;;;+1;-1/t18-;;;5-;;;;;/m1..1...../s1. The Morgan fingerprint density at radius 3 is 2.14 bits per heavy atom. The molecule has 4 aromatic carbocycles. The minimum atomic E-state index is -0.0451. The van der Waals surface area contributed by atoms with Crippen molar-refractivity contribution in [2.75, 3.05) is 39.3 Å². The number of carbonyl (C=O) groups is 2. The summed E-state index contributed by atoms with van der Waals surface area (Å²) in [5.74, 6) is 1.10. The number of likely N-dealkylation sites (tertiary alicyclic amines) is 1. The second kappa shape index (κ2) is 31.3. The Labute approximate surface area is 416 Å². The van der Waals surface area contributed by atoms with Crippen LogP contribution in [0.15, 0.2) is 97.6 Å². The summed E-state index contributed by atoms with van der Waals surface area (Å²) < 4.78 is 5.91. The van der Waals surface area contributed by atoms with Gasteiger partial charge in [0.25, 0.3) is 11.8 Å². The fourth-order valence-corrected chi connectivity index (χ4v) is 7.55. The number of phenolic OH excluding ortho intramolecular Hbond substituents is 1. The van der Waals surface area contributed by atoms with E-state index in [-0.39, 0.29) is 68.4 Å². The summed E-state index contributed by atoms with van der Waals surface area (Å²) in [5, 5.41) is 16.2. The van der Waals surface area contributed by atoms with Crippen molar-refractivity contribution in [1.29, 1.82) is 0 Å². The van der Waals surface area contributed by atoms with Crippen LogP contribution in [0, 0.1) is 13.5 Å². The van der Waals surface area contributed by atoms with Gasteiger partial charge < -0.3 is 26.8 Å². The molecule has 0 unspecified atom stereocenters. The molecule has 0 aromatic heterocycles. The number of amides is 2. The Bertz CT molecular complexity index is 2010. The minimum absolute atomic E-state index is 0. The van der Waals surface area contributed by atoms with Crippen LogP contribution in [-0.2, 0) is 24.8 Å². The predicted molar refractivity (Wildman–Crippen MR) is 264 cm³/mol. The number of nitrogens with zero attached hydrogens (tertiary/aromatic N) is 3. The molecule has 0 radical (unpaired) electrons.